The number of rotatable bonds is 4. The fraction of sp³-hybridized carbons (Fsp3) is 0.412. The van der Waals surface area contributed by atoms with E-state index in [9.17, 15) is 4.79 Å². The predicted octanol–water partition coefficient (Wildman–Crippen LogP) is 2.57. The minimum absolute atomic E-state index is 0. The number of carbonyl (C=O) groups is 1. The Bertz CT molecular complexity index is 627. The fourth-order valence-corrected chi connectivity index (χ4v) is 3.06. The van der Waals surface area contributed by atoms with Gasteiger partial charge in [0.15, 0.2) is 0 Å². The average Bonchev–Trinajstić information content (AvgIpc) is 3.05. The van der Waals surface area contributed by atoms with Crippen molar-refractivity contribution >= 4 is 18.3 Å². The highest BCUT2D eigenvalue weighted by atomic mass is 35.5. The number of benzene rings is 1. The van der Waals surface area contributed by atoms with E-state index in [-0.39, 0.29) is 18.3 Å². The molecule has 5 nitrogen and oxygen atoms in total. The Kier molecular flexibility index (Phi) is 6.19. The fourth-order valence-electron chi connectivity index (χ4n) is 3.06. The summed E-state index contributed by atoms with van der Waals surface area (Å²) >= 11 is 0. The van der Waals surface area contributed by atoms with Crippen molar-refractivity contribution in [3.8, 4) is 11.3 Å². The van der Waals surface area contributed by atoms with Crippen LogP contribution in [-0.2, 0) is 0 Å². The van der Waals surface area contributed by atoms with Crippen LogP contribution in [0, 0.1) is 5.92 Å². The summed E-state index contributed by atoms with van der Waals surface area (Å²) in [6.07, 6.45) is 2.25. The van der Waals surface area contributed by atoms with Gasteiger partial charge in [0.1, 0.15) is 5.69 Å². The number of nitrogens with one attached hydrogen (secondary N) is 2. The lowest BCUT2D eigenvalue weighted by atomic mass is 9.98. The number of piperidine rings is 1. The molecule has 1 fully saturated rings. The van der Waals surface area contributed by atoms with Crippen LogP contribution in [-0.4, -0.2) is 47.7 Å². The van der Waals surface area contributed by atoms with E-state index in [1.54, 1.807) is 0 Å². The van der Waals surface area contributed by atoms with E-state index in [1.165, 1.54) is 6.42 Å². The van der Waals surface area contributed by atoms with Gasteiger partial charge in [-0.05, 0) is 38.4 Å². The van der Waals surface area contributed by atoms with Gasteiger partial charge in [-0.3, -0.25) is 9.89 Å². The third-order valence-corrected chi connectivity index (χ3v) is 4.18. The number of aromatic nitrogens is 2. The molecule has 0 bridgehead atoms. The van der Waals surface area contributed by atoms with Crippen LogP contribution in [0.25, 0.3) is 11.3 Å². The van der Waals surface area contributed by atoms with E-state index in [0.29, 0.717) is 11.6 Å². The van der Waals surface area contributed by atoms with E-state index in [1.807, 2.05) is 48.3 Å². The summed E-state index contributed by atoms with van der Waals surface area (Å²) in [5.74, 6) is 0.592. The molecule has 0 spiro atoms. The molecule has 124 valence electrons. The smallest absolute Gasteiger partial charge is 0.271 e. The van der Waals surface area contributed by atoms with Crippen molar-refractivity contribution in [2.75, 3.05) is 26.7 Å². The first-order valence-electron chi connectivity index (χ1n) is 7.82. The molecule has 1 aromatic heterocycles. The van der Waals surface area contributed by atoms with E-state index < -0.39 is 0 Å². The maximum absolute atomic E-state index is 12.6. The summed E-state index contributed by atoms with van der Waals surface area (Å²) in [4.78, 5) is 14.6. The molecule has 1 atom stereocenters. The molecule has 2 heterocycles. The topological polar surface area (TPSA) is 61.0 Å². The van der Waals surface area contributed by atoms with Gasteiger partial charge in [0.2, 0.25) is 0 Å². The largest absolute Gasteiger partial charge is 0.337 e. The van der Waals surface area contributed by atoms with Crippen molar-refractivity contribution in [2.24, 2.45) is 5.92 Å². The molecule has 1 aliphatic heterocycles. The van der Waals surface area contributed by atoms with Crippen molar-refractivity contribution in [1.29, 1.82) is 0 Å². The normalized spacial score (nSPS) is 17.6. The number of hydrogen-bond donors (Lipinski definition) is 2. The van der Waals surface area contributed by atoms with Gasteiger partial charge in [0.25, 0.3) is 5.91 Å². The Labute approximate surface area is 142 Å². The van der Waals surface area contributed by atoms with Gasteiger partial charge in [-0.15, -0.1) is 12.4 Å². The lowest BCUT2D eigenvalue weighted by Gasteiger charge is -2.32. The molecule has 1 aromatic carbocycles. The van der Waals surface area contributed by atoms with Crippen LogP contribution in [0.5, 0.6) is 0 Å². The summed E-state index contributed by atoms with van der Waals surface area (Å²) in [5.41, 5.74) is 2.40. The number of carbonyl (C=O) groups excluding carboxylic acids is 1. The summed E-state index contributed by atoms with van der Waals surface area (Å²) in [5, 5.41) is 10.4. The first-order valence-corrected chi connectivity index (χ1v) is 7.82. The Morgan fingerprint density at radius 2 is 2.17 bits per heavy atom. The van der Waals surface area contributed by atoms with Gasteiger partial charge >= 0.3 is 0 Å². The highest BCUT2D eigenvalue weighted by Crippen LogP contribution is 2.20. The molecule has 0 saturated carbocycles. The Hall–Kier alpha value is -1.85. The number of aromatic amines is 1. The molecular weight excluding hydrogens is 312 g/mol. The second-order valence-corrected chi connectivity index (χ2v) is 5.85. The van der Waals surface area contributed by atoms with Crippen LogP contribution < -0.4 is 5.32 Å². The molecule has 2 aromatic rings. The highest BCUT2D eigenvalue weighted by Gasteiger charge is 2.25. The number of amides is 1. The molecular formula is C17H23ClN4O. The third kappa shape index (κ3) is 4.12. The van der Waals surface area contributed by atoms with Gasteiger partial charge in [-0.25, -0.2) is 0 Å². The van der Waals surface area contributed by atoms with Crippen LogP contribution >= 0.6 is 12.4 Å². The SMILES string of the molecule is CNCC1CCCN(C(=O)c2cc(-c3ccccc3)n[nH]2)C1.Cl. The number of nitrogens with zero attached hydrogens (tertiary/aromatic N) is 2. The maximum atomic E-state index is 12.6. The van der Waals surface area contributed by atoms with Crippen molar-refractivity contribution in [2.45, 2.75) is 12.8 Å². The van der Waals surface area contributed by atoms with Crippen molar-refractivity contribution < 1.29 is 4.79 Å². The van der Waals surface area contributed by atoms with Gasteiger partial charge < -0.3 is 10.2 Å². The van der Waals surface area contributed by atoms with Crippen molar-refractivity contribution in [1.82, 2.24) is 20.4 Å². The van der Waals surface area contributed by atoms with E-state index in [4.69, 9.17) is 0 Å². The molecule has 1 unspecified atom stereocenters. The molecule has 1 aliphatic rings. The zero-order valence-corrected chi connectivity index (χ0v) is 14.1. The number of likely N-dealkylation sites (tertiary alicyclic amines) is 1. The Balaban J connectivity index is 0.00000192. The first kappa shape index (κ1) is 17.5. The second kappa shape index (κ2) is 8.13. The van der Waals surface area contributed by atoms with Crippen LogP contribution in [0.1, 0.15) is 23.3 Å². The third-order valence-electron chi connectivity index (χ3n) is 4.18. The van der Waals surface area contributed by atoms with Gasteiger partial charge in [0, 0.05) is 18.7 Å². The first-order chi connectivity index (χ1) is 10.8. The molecule has 3 rings (SSSR count). The molecule has 23 heavy (non-hydrogen) atoms. The number of H-pyrrole nitrogens is 1. The quantitative estimate of drug-likeness (QED) is 0.903. The average molecular weight is 335 g/mol. The lowest BCUT2D eigenvalue weighted by Crippen LogP contribution is -2.42. The molecule has 0 aliphatic carbocycles. The monoisotopic (exact) mass is 334 g/mol. The number of hydrogen-bond acceptors (Lipinski definition) is 3. The van der Waals surface area contributed by atoms with Gasteiger partial charge in [-0.1, -0.05) is 30.3 Å². The van der Waals surface area contributed by atoms with Crippen molar-refractivity contribution in [3.63, 3.8) is 0 Å². The van der Waals surface area contributed by atoms with E-state index in [0.717, 1.165) is 37.3 Å². The van der Waals surface area contributed by atoms with Crippen molar-refractivity contribution in [3.05, 3.63) is 42.1 Å². The van der Waals surface area contributed by atoms with Gasteiger partial charge in [0.05, 0.1) is 5.69 Å². The zero-order valence-electron chi connectivity index (χ0n) is 13.3. The molecule has 0 radical (unpaired) electrons. The second-order valence-electron chi connectivity index (χ2n) is 5.85. The van der Waals surface area contributed by atoms with Crippen LogP contribution in [0.15, 0.2) is 36.4 Å². The summed E-state index contributed by atoms with van der Waals surface area (Å²) in [6.45, 7) is 2.61. The zero-order chi connectivity index (χ0) is 15.4. The molecule has 1 amide bonds. The highest BCUT2D eigenvalue weighted by molar-refractivity contribution is 5.93. The van der Waals surface area contributed by atoms with Gasteiger partial charge in [-0.2, -0.15) is 5.10 Å². The number of halogens is 1. The van der Waals surface area contributed by atoms with E-state index in [2.05, 4.69) is 15.5 Å². The Morgan fingerprint density at radius 3 is 2.91 bits per heavy atom. The minimum Gasteiger partial charge on any atom is -0.337 e. The molecule has 1 saturated heterocycles. The lowest BCUT2D eigenvalue weighted by molar-refractivity contribution is 0.0668. The standard InChI is InChI=1S/C17H22N4O.ClH/c1-18-11-13-6-5-9-21(12-13)17(22)16-10-15(19-20-16)14-7-3-2-4-8-14;/h2-4,7-8,10,13,18H,5-6,9,11-12H2,1H3,(H,19,20);1H. The summed E-state index contributed by atoms with van der Waals surface area (Å²) in [6, 6.07) is 11.7. The molecule has 6 heteroatoms. The predicted molar refractivity (Wildman–Crippen MR) is 93.8 cm³/mol. The maximum Gasteiger partial charge on any atom is 0.271 e. The summed E-state index contributed by atoms with van der Waals surface area (Å²) < 4.78 is 0. The van der Waals surface area contributed by atoms with Crippen LogP contribution in [0.2, 0.25) is 0 Å². The Morgan fingerprint density at radius 1 is 1.39 bits per heavy atom. The van der Waals surface area contributed by atoms with E-state index >= 15 is 0 Å². The van der Waals surface area contributed by atoms with Crippen LogP contribution in [0.4, 0.5) is 0 Å². The van der Waals surface area contributed by atoms with Crippen LogP contribution in [0.3, 0.4) is 0 Å². The molecule has 2 N–H and O–H groups in total. The summed E-state index contributed by atoms with van der Waals surface area (Å²) in [7, 11) is 1.96. The minimum atomic E-state index is 0.